The summed E-state index contributed by atoms with van der Waals surface area (Å²) in [4.78, 5) is 27.9. The molecule has 2 aromatic rings. The third-order valence-electron chi connectivity index (χ3n) is 4.77. The fourth-order valence-electron chi connectivity index (χ4n) is 3.39. The fourth-order valence-corrected chi connectivity index (χ4v) is 3.39. The van der Waals surface area contributed by atoms with E-state index in [-0.39, 0.29) is 17.9 Å². The molecule has 126 valence electrons. The number of rotatable bonds is 3. The zero-order chi connectivity index (χ0) is 16.8. The average Bonchev–Trinajstić information content (AvgIpc) is 3.18. The molecule has 4 heterocycles. The van der Waals surface area contributed by atoms with Crippen LogP contribution in [-0.2, 0) is 4.79 Å². The van der Waals surface area contributed by atoms with E-state index in [1.165, 1.54) is 0 Å². The van der Waals surface area contributed by atoms with Gasteiger partial charge in [0.05, 0.1) is 23.5 Å². The Morgan fingerprint density at radius 1 is 1.33 bits per heavy atom. The van der Waals surface area contributed by atoms with Crippen LogP contribution in [0.15, 0.2) is 22.9 Å². The van der Waals surface area contributed by atoms with Gasteiger partial charge in [-0.3, -0.25) is 14.3 Å². The van der Waals surface area contributed by atoms with Crippen molar-refractivity contribution in [3.8, 4) is 0 Å². The lowest BCUT2D eigenvalue weighted by molar-refractivity contribution is -0.117. The highest BCUT2D eigenvalue weighted by molar-refractivity contribution is 5.96. The summed E-state index contributed by atoms with van der Waals surface area (Å²) in [6.45, 7) is 5.66. The van der Waals surface area contributed by atoms with E-state index in [9.17, 15) is 9.59 Å². The Morgan fingerprint density at radius 3 is 2.75 bits per heavy atom. The minimum atomic E-state index is 0.00250. The van der Waals surface area contributed by atoms with Gasteiger partial charge in [0.2, 0.25) is 5.91 Å². The normalized spacial score (nSPS) is 18.3. The molecule has 2 amide bonds. The van der Waals surface area contributed by atoms with Crippen LogP contribution in [0.1, 0.15) is 40.8 Å². The van der Waals surface area contributed by atoms with Crippen LogP contribution in [-0.4, -0.2) is 46.1 Å². The molecular formula is C17H20N4O3. The number of aryl methyl sites for hydroxylation is 2. The molecule has 2 saturated heterocycles. The number of amides is 2. The van der Waals surface area contributed by atoms with E-state index in [4.69, 9.17) is 4.42 Å². The van der Waals surface area contributed by atoms with Crippen LogP contribution >= 0.6 is 0 Å². The van der Waals surface area contributed by atoms with E-state index in [1.807, 2.05) is 24.7 Å². The van der Waals surface area contributed by atoms with Crippen molar-refractivity contribution in [2.24, 2.45) is 0 Å². The zero-order valence-electron chi connectivity index (χ0n) is 13.9. The van der Waals surface area contributed by atoms with Crippen molar-refractivity contribution in [2.45, 2.75) is 32.7 Å². The van der Waals surface area contributed by atoms with Gasteiger partial charge in [-0.2, -0.15) is 5.10 Å². The van der Waals surface area contributed by atoms with Crippen LogP contribution in [0.3, 0.4) is 0 Å². The summed E-state index contributed by atoms with van der Waals surface area (Å²) in [7, 11) is 0. The van der Waals surface area contributed by atoms with Gasteiger partial charge in [0.1, 0.15) is 11.5 Å². The molecule has 7 nitrogen and oxygen atoms in total. The van der Waals surface area contributed by atoms with E-state index >= 15 is 0 Å². The summed E-state index contributed by atoms with van der Waals surface area (Å²) in [6, 6.07) is 1.95. The maximum Gasteiger partial charge on any atom is 0.257 e. The molecule has 2 aliphatic heterocycles. The maximum absolute atomic E-state index is 12.5. The predicted octanol–water partition coefficient (Wildman–Crippen LogP) is 1.92. The summed E-state index contributed by atoms with van der Waals surface area (Å²) >= 11 is 0. The van der Waals surface area contributed by atoms with Crippen molar-refractivity contribution in [1.29, 1.82) is 0 Å². The van der Waals surface area contributed by atoms with Gasteiger partial charge in [-0.15, -0.1) is 0 Å². The highest BCUT2D eigenvalue weighted by Crippen LogP contribution is 2.27. The lowest BCUT2D eigenvalue weighted by atomic mass is 10.1. The largest absolute Gasteiger partial charge is 0.466 e. The number of anilines is 1. The van der Waals surface area contributed by atoms with Gasteiger partial charge in [0, 0.05) is 32.3 Å². The number of hydrogen-bond donors (Lipinski definition) is 0. The van der Waals surface area contributed by atoms with Crippen molar-refractivity contribution >= 4 is 17.5 Å². The van der Waals surface area contributed by atoms with Crippen molar-refractivity contribution in [2.75, 3.05) is 24.5 Å². The van der Waals surface area contributed by atoms with Gasteiger partial charge >= 0.3 is 0 Å². The van der Waals surface area contributed by atoms with Gasteiger partial charge in [-0.1, -0.05) is 0 Å². The first-order valence-corrected chi connectivity index (χ1v) is 8.24. The highest BCUT2D eigenvalue weighted by atomic mass is 16.3. The molecule has 0 saturated carbocycles. The Hall–Kier alpha value is -2.57. The van der Waals surface area contributed by atoms with E-state index in [2.05, 4.69) is 5.10 Å². The zero-order valence-corrected chi connectivity index (χ0v) is 13.9. The number of carbonyl (C=O) groups is 2. The summed E-state index contributed by atoms with van der Waals surface area (Å²) in [5.41, 5.74) is 1.48. The number of likely N-dealkylation sites (tertiary alicyclic amines) is 1. The van der Waals surface area contributed by atoms with Crippen molar-refractivity contribution < 1.29 is 14.0 Å². The van der Waals surface area contributed by atoms with Gasteiger partial charge < -0.3 is 14.2 Å². The first-order chi connectivity index (χ1) is 11.5. The van der Waals surface area contributed by atoms with Crippen LogP contribution in [0.5, 0.6) is 0 Å². The van der Waals surface area contributed by atoms with Crippen molar-refractivity contribution in [3.05, 3.63) is 35.5 Å². The predicted molar refractivity (Wildman–Crippen MR) is 86.9 cm³/mol. The van der Waals surface area contributed by atoms with Gasteiger partial charge in [0.15, 0.2) is 0 Å². The molecular weight excluding hydrogens is 308 g/mol. The van der Waals surface area contributed by atoms with Crippen LogP contribution in [0.2, 0.25) is 0 Å². The first-order valence-electron chi connectivity index (χ1n) is 8.24. The number of furan rings is 1. The van der Waals surface area contributed by atoms with Gasteiger partial charge in [0.25, 0.3) is 5.91 Å². The summed E-state index contributed by atoms with van der Waals surface area (Å²) in [5.74, 6) is 1.57. The topological polar surface area (TPSA) is 71.6 Å². The smallest absolute Gasteiger partial charge is 0.257 e. The van der Waals surface area contributed by atoms with Gasteiger partial charge in [-0.05, 0) is 26.3 Å². The molecule has 2 fully saturated rings. The summed E-state index contributed by atoms with van der Waals surface area (Å²) < 4.78 is 7.29. The second kappa shape index (κ2) is 5.51. The monoisotopic (exact) mass is 328 g/mol. The second-order valence-electron chi connectivity index (χ2n) is 6.52. The molecule has 0 N–H and O–H groups in total. The third-order valence-corrected chi connectivity index (χ3v) is 4.77. The average molecular weight is 328 g/mol. The molecule has 7 heteroatoms. The van der Waals surface area contributed by atoms with Crippen molar-refractivity contribution in [3.63, 3.8) is 0 Å². The molecule has 2 aliphatic rings. The van der Waals surface area contributed by atoms with Crippen LogP contribution in [0.4, 0.5) is 5.69 Å². The number of hydrogen-bond acceptors (Lipinski definition) is 4. The minimum Gasteiger partial charge on any atom is -0.466 e. The Labute approximate surface area is 139 Å². The minimum absolute atomic E-state index is 0.00250. The van der Waals surface area contributed by atoms with Crippen molar-refractivity contribution in [1.82, 2.24) is 14.7 Å². The molecule has 2 aromatic heterocycles. The number of nitrogens with zero attached hydrogens (tertiary/aromatic N) is 4. The third kappa shape index (κ3) is 2.40. The first kappa shape index (κ1) is 15.0. The number of carbonyl (C=O) groups excluding carboxylic acids is 2. The molecule has 24 heavy (non-hydrogen) atoms. The summed E-state index contributed by atoms with van der Waals surface area (Å²) in [6.07, 6.45) is 5.15. The SMILES string of the molecule is Cc1cc(C(=O)N2CC(n3cc(N4CCCC4=O)cn3)C2)c(C)o1. The fraction of sp³-hybridized carbons (Fsp3) is 0.471. The molecule has 0 aromatic carbocycles. The van der Waals surface area contributed by atoms with E-state index < -0.39 is 0 Å². The second-order valence-corrected chi connectivity index (χ2v) is 6.52. The van der Waals surface area contributed by atoms with Crippen LogP contribution in [0.25, 0.3) is 0 Å². The van der Waals surface area contributed by atoms with Gasteiger partial charge in [-0.25, -0.2) is 0 Å². The Bertz CT molecular complexity index is 801. The Balaban J connectivity index is 1.41. The standard InChI is InChI=1S/C17H20N4O3/c1-11-6-15(12(2)24-11)17(23)19-8-14(9-19)21-10-13(7-18-21)20-5-3-4-16(20)22/h6-7,10,14H,3-5,8-9H2,1-2H3. The Kier molecular flexibility index (Phi) is 3.44. The maximum atomic E-state index is 12.5. The summed E-state index contributed by atoms with van der Waals surface area (Å²) in [5, 5.41) is 4.37. The highest BCUT2D eigenvalue weighted by Gasteiger charge is 2.35. The molecule has 0 radical (unpaired) electrons. The van der Waals surface area contributed by atoms with Crippen LogP contribution in [0, 0.1) is 13.8 Å². The molecule has 0 aliphatic carbocycles. The molecule has 4 rings (SSSR count). The van der Waals surface area contributed by atoms with E-state index in [0.29, 0.717) is 30.8 Å². The molecule has 0 spiro atoms. The number of aromatic nitrogens is 2. The van der Waals surface area contributed by atoms with E-state index in [1.54, 1.807) is 22.1 Å². The molecule has 0 unspecified atom stereocenters. The van der Waals surface area contributed by atoms with Crippen LogP contribution < -0.4 is 4.90 Å². The quantitative estimate of drug-likeness (QED) is 0.863. The Morgan fingerprint density at radius 2 is 2.12 bits per heavy atom. The van der Waals surface area contributed by atoms with E-state index in [0.717, 1.165) is 24.4 Å². The lowest BCUT2D eigenvalue weighted by Crippen LogP contribution is -2.50. The molecule has 0 bridgehead atoms. The lowest BCUT2D eigenvalue weighted by Gasteiger charge is -2.39. The molecule has 0 atom stereocenters.